The molecule has 1 amide bonds. The Labute approximate surface area is 128 Å². The molecule has 20 heavy (non-hydrogen) atoms. The third-order valence-corrected chi connectivity index (χ3v) is 4.10. The van der Waals surface area contributed by atoms with Gasteiger partial charge in [0.15, 0.2) is 6.10 Å². The van der Waals surface area contributed by atoms with E-state index in [1.165, 1.54) is 0 Å². The normalized spacial score (nSPS) is 19.9. The fraction of sp³-hybridized carbons (Fsp3) is 0.533. The van der Waals surface area contributed by atoms with Gasteiger partial charge in [0, 0.05) is 23.6 Å². The lowest BCUT2D eigenvalue weighted by molar-refractivity contribution is -0.138. The number of halogens is 1. The van der Waals surface area contributed by atoms with Gasteiger partial charge >= 0.3 is 0 Å². The lowest BCUT2D eigenvalue weighted by atomic mass is 10.2. The Morgan fingerprint density at radius 1 is 1.50 bits per heavy atom. The molecule has 1 N–H and O–H groups in total. The molecular formula is C15H21BrN2O2. The van der Waals surface area contributed by atoms with Gasteiger partial charge in [0.05, 0.1) is 0 Å². The van der Waals surface area contributed by atoms with Crippen LogP contribution in [0.1, 0.15) is 19.8 Å². The Balaban J connectivity index is 1.96. The number of hydrogen-bond acceptors (Lipinski definition) is 3. The van der Waals surface area contributed by atoms with E-state index in [1.807, 2.05) is 43.1 Å². The SMILES string of the molecule is CNCC1CCCN1C(=O)C(C)Oc1ccc(Br)cc1. The molecule has 2 rings (SSSR count). The quantitative estimate of drug-likeness (QED) is 0.894. The third-order valence-electron chi connectivity index (χ3n) is 3.57. The van der Waals surface area contributed by atoms with Crippen LogP contribution in [0, 0.1) is 0 Å². The van der Waals surface area contributed by atoms with E-state index in [-0.39, 0.29) is 5.91 Å². The summed E-state index contributed by atoms with van der Waals surface area (Å²) in [6.07, 6.45) is 1.69. The number of benzene rings is 1. The molecule has 4 nitrogen and oxygen atoms in total. The number of hydrogen-bond donors (Lipinski definition) is 1. The van der Waals surface area contributed by atoms with E-state index in [2.05, 4.69) is 21.2 Å². The van der Waals surface area contributed by atoms with Crippen LogP contribution < -0.4 is 10.1 Å². The molecule has 0 aromatic heterocycles. The molecule has 1 heterocycles. The first-order valence-corrected chi connectivity index (χ1v) is 7.78. The van der Waals surface area contributed by atoms with Crippen molar-refractivity contribution in [3.8, 4) is 5.75 Å². The Hall–Kier alpha value is -1.07. The highest BCUT2D eigenvalue weighted by Gasteiger charge is 2.31. The van der Waals surface area contributed by atoms with Crippen LogP contribution in [0.3, 0.4) is 0 Å². The van der Waals surface area contributed by atoms with Crippen LogP contribution in [-0.4, -0.2) is 43.1 Å². The lowest BCUT2D eigenvalue weighted by Gasteiger charge is -2.27. The van der Waals surface area contributed by atoms with Gasteiger partial charge in [-0.05, 0) is 51.1 Å². The van der Waals surface area contributed by atoms with Crippen molar-refractivity contribution in [2.45, 2.75) is 31.9 Å². The number of likely N-dealkylation sites (tertiary alicyclic amines) is 1. The second-order valence-electron chi connectivity index (χ2n) is 5.10. The summed E-state index contributed by atoms with van der Waals surface area (Å²) in [5, 5.41) is 3.15. The molecule has 0 aliphatic carbocycles. The molecule has 2 atom stereocenters. The Morgan fingerprint density at radius 3 is 2.85 bits per heavy atom. The second-order valence-corrected chi connectivity index (χ2v) is 6.02. The van der Waals surface area contributed by atoms with Crippen molar-refractivity contribution in [2.75, 3.05) is 20.1 Å². The zero-order valence-electron chi connectivity index (χ0n) is 11.9. The van der Waals surface area contributed by atoms with Gasteiger partial charge in [-0.25, -0.2) is 0 Å². The van der Waals surface area contributed by atoms with E-state index in [4.69, 9.17) is 4.74 Å². The average molecular weight is 341 g/mol. The lowest BCUT2D eigenvalue weighted by Crippen LogP contribution is -2.46. The molecule has 0 radical (unpaired) electrons. The summed E-state index contributed by atoms with van der Waals surface area (Å²) in [7, 11) is 1.92. The van der Waals surface area contributed by atoms with Gasteiger partial charge in [0.25, 0.3) is 5.91 Å². The molecule has 0 spiro atoms. The summed E-state index contributed by atoms with van der Waals surface area (Å²) in [5.41, 5.74) is 0. The number of likely N-dealkylation sites (N-methyl/N-ethyl adjacent to an activating group) is 1. The summed E-state index contributed by atoms with van der Waals surface area (Å²) < 4.78 is 6.74. The molecule has 0 bridgehead atoms. The topological polar surface area (TPSA) is 41.6 Å². The molecule has 110 valence electrons. The van der Waals surface area contributed by atoms with E-state index in [0.29, 0.717) is 6.04 Å². The second kappa shape index (κ2) is 7.09. The van der Waals surface area contributed by atoms with E-state index >= 15 is 0 Å². The maximum Gasteiger partial charge on any atom is 0.263 e. The Kier molecular flexibility index (Phi) is 5.43. The molecule has 0 saturated carbocycles. The Bertz CT molecular complexity index is 450. The largest absolute Gasteiger partial charge is 0.481 e. The minimum Gasteiger partial charge on any atom is -0.481 e. The van der Waals surface area contributed by atoms with Gasteiger partial charge in [0.2, 0.25) is 0 Å². The highest BCUT2D eigenvalue weighted by molar-refractivity contribution is 9.10. The van der Waals surface area contributed by atoms with E-state index in [1.54, 1.807) is 0 Å². The summed E-state index contributed by atoms with van der Waals surface area (Å²) in [5.74, 6) is 0.795. The number of carbonyl (C=O) groups is 1. The predicted octanol–water partition coefficient (Wildman–Crippen LogP) is 2.43. The molecule has 1 fully saturated rings. The smallest absolute Gasteiger partial charge is 0.263 e. The molecule has 1 aliphatic heterocycles. The van der Waals surface area contributed by atoms with Crippen molar-refractivity contribution in [3.05, 3.63) is 28.7 Å². The molecule has 1 aliphatic rings. The van der Waals surface area contributed by atoms with Gasteiger partial charge in [-0.3, -0.25) is 4.79 Å². The minimum atomic E-state index is -0.450. The van der Waals surface area contributed by atoms with Crippen molar-refractivity contribution < 1.29 is 9.53 Å². The first-order valence-electron chi connectivity index (χ1n) is 6.99. The zero-order valence-corrected chi connectivity index (χ0v) is 13.5. The predicted molar refractivity (Wildman–Crippen MR) is 82.9 cm³/mol. The van der Waals surface area contributed by atoms with Crippen LogP contribution in [-0.2, 0) is 4.79 Å². The average Bonchev–Trinajstić information content (AvgIpc) is 2.89. The van der Waals surface area contributed by atoms with Crippen LogP contribution in [0.25, 0.3) is 0 Å². The number of rotatable bonds is 5. The van der Waals surface area contributed by atoms with E-state index < -0.39 is 6.10 Å². The molecule has 1 aromatic rings. The van der Waals surface area contributed by atoms with Crippen molar-refractivity contribution in [2.24, 2.45) is 0 Å². The molecule has 1 aromatic carbocycles. The minimum absolute atomic E-state index is 0.0747. The zero-order chi connectivity index (χ0) is 14.5. The van der Waals surface area contributed by atoms with Gasteiger partial charge in [-0.2, -0.15) is 0 Å². The maximum absolute atomic E-state index is 12.5. The number of nitrogens with one attached hydrogen (secondary N) is 1. The van der Waals surface area contributed by atoms with Crippen LogP contribution in [0.5, 0.6) is 5.75 Å². The van der Waals surface area contributed by atoms with Crippen LogP contribution in [0.15, 0.2) is 28.7 Å². The fourth-order valence-electron chi connectivity index (χ4n) is 2.57. The highest BCUT2D eigenvalue weighted by atomic mass is 79.9. The fourth-order valence-corrected chi connectivity index (χ4v) is 2.84. The third kappa shape index (κ3) is 3.73. The Morgan fingerprint density at radius 2 is 2.20 bits per heavy atom. The number of carbonyl (C=O) groups excluding carboxylic acids is 1. The highest BCUT2D eigenvalue weighted by Crippen LogP contribution is 2.21. The van der Waals surface area contributed by atoms with Crippen molar-refractivity contribution in [3.63, 3.8) is 0 Å². The number of nitrogens with zero attached hydrogens (tertiary/aromatic N) is 1. The monoisotopic (exact) mass is 340 g/mol. The number of amides is 1. The summed E-state index contributed by atoms with van der Waals surface area (Å²) >= 11 is 3.38. The summed E-state index contributed by atoms with van der Waals surface area (Å²) in [6, 6.07) is 7.84. The van der Waals surface area contributed by atoms with Gasteiger partial charge < -0.3 is 15.0 Å². The summed E-state index contributed by atoms with van der Waals surface area (Å²) in [6.45, 7) is 3.50. The van der Waals surface area contributed by atoms with Gasteiger partial charge in [-0.15, -0.1) is 0 Å². The standard InChI is InChI=1S/C15H21BrN2O2/c1-11(20-14-7-5-12(16)6-8-14)15(19)18-9-3-4-13(18)10-17-2/h5-8,11,13,17H,3-4,9-10H2,1-2H3. The van der Waals surface area contributed by atoms with Crippen LogP contribution >= 0.6 is 15.9 Å². The number of ether oxygens (including phenoxy) is 1. The maximum atomic E-state index is 12.5. The van der Waals surface area contributed by atoms with Crippen LogP contribution in [0.4, 0.5) is 0 Å². The van der Waals surface area contributed by atoms with Crippen molar-refractivity contribution >= 4 is 21.8 Å². The molecular weight excluding hydrogens is 320 g/mol. The van der Waals surface area contributed by atoms with Crippen molar-refractivity contribution in [1.82, 2.24) is 10.2 Å². The van der Waals surface area contributed by atoms with Gasteiger partial charge in [-0.1, -0.05) is 15.9 Å². The van der Waals surface area contributed by atoms with E-state index in [9.17, 15) is 4.79 Å². The summed E-state index contributed by atoms with van der Waals surface area (Å²) in [4.78, 5) is 14.4. The first-order chi connectivity index (χ1) is 9.61. The first kappa shape index (κ1) is 15.3. The van der Waals surface area contributed by atoms with Crippen molar-refractivity contribution in [1.29, 1.82) is 0 Å². The molecule has 1 saturated heterocycles. The van der Waals surface area contributed by atoms with Gasteiger partial charge in [0.1, 0.15) is 5.75 Å². The van der Waals surface area contributed by atoms with E-state index in [0.717, 1.165) is 36.2 Å². The van der Waals surface area contributed by atoms with Crippen LogP contribution in [0.2, 0.25) is 0 Å². The molecule has 2 unspecified atom stereocenters. The molecule has 5 heteroatoms.